The van der Waals surface area contributed by atoms with Gasteiger partial charge < -0.3 is 15.5 Å². The van der Waals surface area contributed by atoms with E-state index in [1.54, 1.807) is 5.38 Å². The molecule has 3 N–H and O–H groups in total. The van der Waals surface area contributed by atoms with Crippen LogP contribution in [-0.4, -0.2) is 35.4 Å². The van der Waals surface area contributed by atoms with Crippen LogP contribution >= 0.6 is 11.3 Å². The first-order valence-electron chi connectivity index (χ1n) is 5.25. The molecule has 0 fully saturated rings. The van der Waals surface area contributed by atoms with Gasteiger partial charge in [0.05, 0.1) is 24.8 Å². The molecule has 0 saturated heterocycles. The Bertz CT molecular complexity index is 519. The van der Waals surface area contributed by atoms with Gasteiger partial charge >= 0.3 is 0 Å². The standard InChI is InChI=1S/C12H13NO3S/c14-5-8(6-15)13-12(16)10-7-17-11-4-2-1-3-9(10)11/h1-4,7-8,14-15H,5-6H2,(H,13,16). The SMILES string of the molecule is O=C(NC(CO)CO)c1csc2ccccc12. The topological polar surface area (TPSA) is 69.6 Å². The number of carbonyl (C=O) groups excluding carboxylic acids is 1. The number of aliphatic hydroxyl groups excluding tert-OH is 2. The van der Waals surface area contributed by atoms with Crippen molar-refractivity contribution in [3.63, 3.8) is 0 Å². The van der Waals surface area contributed by atoms with Crippen molar-refractivity contribution in [3.8, 4) is 0 Å². The lowest BCUT2D eigenvalue weighted by atomic mass is 10.1. The van der Waals surface area contributed by atoms with E-state index < -0.39 is 6.04 Å². The van der Waals surface area contributed by atoms with Crippen LogP contribution < -0.4 is 5.32 Å². The third-order valence-corrected chi connectivity index (χ3v) is 3.47. The summed E-state index contributed by atoms with van der Waals surface area (Å²) in [6, 6.07) is 7.02. The summed E-state index contributed by atoms with van der Waals surface area (Å²) in [4.78, 5) is 11.9. The third-order valence-electron chi connectivity index (χ3n) is 2.50. The van der Waals surface area contributed by atoms with Crippen molar-refractivity contribution in [1.29, 1.82) is 0 Å². The summed E-state index contributed by atoms with van der Waals surface area (Å²) >= 11 is 1.50. The van der Waals surface area contributed by atoms with E-state index in [-0.39, 0.29) is 19.1 Å². The van der Waals surface area contributed by atoms with E-state index in [9.17, 15) is 4.79 Å². The molecule has 0 bridgehead atoms. The number of rotatable bonds is 4. The van der Waals surface area contributed by atoms with Gasteiger partial charge in [0.2, 0.25) is 0 Å². The first-order valence-corrected chi connectivity index (χ1v) is 6.13. The first-order chi connectivity index (χ1) is 8.26. The number of fused-ring (bicyclic) bond motifs is 1. The lowest BCUT2D eigenvalue weighted by molar-refractivity contribution is 0.0881. The maximum Gasteiger partial charge on any atom is 0.253 e. The summed E-state index contributed by atoms with van der Waals surface area (Å²) in [5, 5.41) is 23.1. The molecule has 0 radical (unpaired) electrons. The Hall–Kier alpha value is -1.43. The Morgan fingerprint density at radius 3 is 2.71 bits per heavy atom. The molecular weight excluding hydrogens is 238 g/mol. The summed E-state index contributed by atoms with van der Waals surface area (Å²) in [6.45, 7) is -0.547. The van der Waals surface area contributed by atoms with Gasteiger partial charge in [-0.25, -0.2) is 0 Å². The van der Waals surface area contributed by atoms with Gasteiger partial charge in [-0.3, -0.25) is 4.79 Å². The second kappa shape index (κ2) is 5.27. The Kier molecular flexibility index (Phi) is 3.73. The fraction of sp³-hybridized carbons (Fsp3) is 0.250. The van der Waals surface area contributed by atoms with Crippen molar-refractivity contribution in [2.24, 2.45) is 0 Å². The summed E-state index contributed by atoms with van der Waals surface area (Å²) < 4.78 is 1.04. The Morgan fingerprint density at radius 2 is 2.00 bits per heavy atom. The molecular formula is C12H13NO3S. The fourth-order valence-electron chi connectivity index (χ4n) is 1.57. The van der Waals surface area contributed by atoms with Crippen molar-refractivity contribution in [3.05, 3.63) is 35.2 Å². The molecule has 2 aromatic rings. The zero-order chi connectivity index (χ0) is 12.3. The van der Waals surface area contributed by atoms with Crippen molar-refractivity contribution in [2.75, 3.05) is 13.2 Å². The smallest absolute Gasteiger partial charge is 0.253 e. The summed E-state index contributed by atoms with van der Waals surface area (Å²) in [5.41, 5.74) is 0.581. The van der Waals surface area contributed by atoms with Gasteiger partial charge in [0, 0.05) is 15.5 Å². The van der Waals surface area contributed by atoms with E-state index in [4.69, 9.17) is 10.2 Å². The van der Waals surface area contributed by atoms with Crippen molar-refractivity contribution < 1.29 is 15.0 Å². The van der Waals surface area contributed by atoms with Crippen LogP contribution in [0.3, 0.4) is 0 Å². The van der Waals surface area contributed by atoms with Crippen LogP contribution in [0, 0.1) is 0 Å². The molecule has 90 valence electrons. The molecule has 0 aliphatic carbocycles. The predicted molar refractivity (Wildman–Crippen MR) is 67.3 cm³/mol. The maximum absolute atomic E-state index is 11.9. The fourth-order valence-corrected chi connectivity index (χ4v) is 2.51. The van der Waals surface area contributed by atoms with Crippen molar-refractivity contribution in [2.45, 2.75) is 6.04 Å². The van der Waals surface area contributed by atoms with E-state index in [2.05, 4.69) is 5.32 Å². The second-order valence-electron chi connectivity index (χ2n) is 3.68. The number of amides is 1. The minimum Gasteiger partial charge on any atom is -0.394 e. The first kappa shape index (κ1) is 12.0. The lowest BCUT2D eigenvalue weighted by Crippen LogP contribution is -2.39. The van der Waals surface area contributed by atoms with E-state index >= 15 is 0 Å². The molecule has 0 saturated carbocycles. The summed E-state index contributed by atoms with van der Waals surface area (Å²) in [7, 11) is 0. The van der Waals surface area contributed by atoms with Gasteiger partial charge in [0.15, 0.2) is 0 Å². The van der Waals surface area contributed by atoms with Gasteiger partial charge in [0.25, 0.3) is 5.91 Å². The predicted octanol–water partition coefficient (Wildman–Crippen LogP) is 0.984. The zero-order valence-corrected chi connectivity index (χ0v) is 9.91. The van der Waals surface area contributed by atoms with Crippen LogP contribution in [0.1, 0.15) is 10.4 Å². The molecule has 1 aromatic heterocycles. The number of thiophene rings is 1. The number of benzene rings is 1. The lowest BCUT2D eigenvalue weighted by Gasteiger charge is -2.12. The van der Waals surface area contributed by atoms with Crippen LogP contribution in [0.4, 0.5) is 0 Å². The normalized spacial score (nSPS) is 11.0. The molecule has 17 heavy (non-hydrogen) atoms. The average molecular weight is 251 g/mol. The monoisotopic (exact) mass is 251 g/mol. The molecule has 5 heteroatoms. The zero-order valence-electron chi connectivity index (χ0n) is 9.09. The summed E-state index contributed by atoms with van der Waals surface area (Å²) in [5.74, 6) is -0.268. The molecule has 1 aromatic carbocycles. The van der Waals surface area contributed by atoms with Gasteiger partial charge in [0.1, 0.15) is 0 Å². The van der Waals surface area contributed by atoms with Gasteiger partial charge in [-0.15, -0.1) is 11.3 Å². The molecule has 4 nitrogen and oxygen atoms in total. The van der Waals surface area contributed by atoms with Crippen molar-refractivity contribution >= 4 is 27.3 Å². The number of carbonyl (C=O) groups is 1. The highest BCUT2D eigenvalue weighted by Crippen LogP contribution is 2.25. The highest BCUT2D eigenvalue weighted by Gasteiger charge is 2.15. The van der Waals surface area contributed by atoms with Crippen LogP contribution in [0.25, 0.3) is 10.1 Å². The minimum atomic E-state index is -0.610. The van der Waals surface area contributed by atoms with Gasteiger partial charge in [-0.1, -0.05) is 18.2 Å². The molecule has 0 unspecified atom stereocenters. The van der Waals surface area contributed by atoms with E-state index in [1.807, 2.05) is 24.3 Å². The molecule has 0 atom stereocenters. The van der Waals surface area contributed by atoms with E-state index in [0.717, 1.165) is 10.1 Å². The Balaban J connectivity index is 2.25. The Morgan fingerprint density at radius 1 is 1.29 bits per heavy atom. The molecule has 0 spiro atoms. The highest BCUT2D eigenvalue weighted by atomic mass is 32.1. The van der Waals surface area contributed by atoms with Crippen LogP contribution in [0.5, 0.6) is 0 Å². The van der Waals surface area contributed by atoms with E-state index in [1.165, 1.54) is 11.3 Å². The minimum absolute atomic E-state index is 0.268. The largest absolute Gasteiger partial charge is 0.394 e. The van der Waals surface area contributed by atoms with Crippen LogP contribution in [-0.2, 0) is 0 Å². The summed E-state index contributed by atoms with van der Waals surface area (Å²) in [6.07, 6.45) is 0. The molecule has 1 heterocycles. The van der Waals surface area contributed by atoms with Gasteiger partial charge in [-0.2, -0.15) is 0 Å². The van der Waals surface area contributed by atoms with Crippen LogP contribution in [0.15, 0.2) is 29.6 Å². The molecule has 0 aliphatic heterocycles. The second-order valence-corrected chi connectivity index (χ2v) is 4.59. The quantitative estimate of drug-likeness (QED) is 0.759. The number of aliphatic hydroxyl groups is 2. The molecule has 2 rings (SSSR count). The number of hydrogen-bond acceptors (Lipinski definition) is 4. The molecule has 1 amide bonds. The highest BCUT2D eigenvalue weighted by molar-refractivity contribution is 7.17. The Labute approximate surface area is 103 Å². The van der Waals surface area contributed by atoms with E-state index in [0.29, 0.717) is 5.56 Å². The third kappa shape index (κ3) is 2.46. The van der Waals surface area contributed by atoms with Gasteiger partial charge in [-0.05, 0) is 6.07 Å². The number of hydrogen-bond donors (Lipinski definition) is 3. The van der Waals surface area contributed by atoms with Crippen LogP contribution in [0.2, 0.25) is 0 Å². The van der Waals surface area contributed by atoms with Crippen molar-refractivity contribution in [1.82, 2.24) is 5.32 Å². The number of nitrogens with one attached hydrogen (secondary N) is 1. The maximum atomic E-state index is 11.9. The average Bonchev–Trinajstić information content (AvgIpc) is 2.79. The molecule has 0 aliphatic rings.